The van der Waals surface area contributed by atoms with Crippen LogP contribution in [0.15, 0.2) is 23.1 Å². The van der Waals surface area contributed by atoms with E-state index in [1.165, 1.54) is 4.90 Å². The molecule has 27 heavy (non-hydrogen) atoms. The number of carbonyl (C=O) groups excluding carboxylic acids is 1. The van der Waals surface area contributed by atoms with Gasteiger partial charge in [-0.1, -0.05) is 20.8 Å². The first kappa shape index (κ1) is 21.5. The highest BCUT2D eigenvalue weighted by atomic mass is 32.2. The molecule has 0 aliphatic carbocycles. The maximum atomic E-state index is 13.5. The van der Waals surface area contributed by atoms with Gasteiger partial charge in [0.05, 0.1) is 10.5 Å². The molecule has 1 aliphatic rings. The molecule has 10 heteroatoms. The minimum Gasteiger partial charge on any atom is -0.369 e. The summed E-state index contributed by atoms with van der Waals surface area (Å²) < 4.78 is 63.4. The quantitative estimate of drug-likeness (QED) is 0.816. The van der Waals surface area contributed by atoms with Gasteiger partial charge in [0.25, 0.3) is 0 Å². The number of amides is 1. The molecule has 6 nitrogen and oxygen atoms in total. The van der Waals surface area contributed by atoms with Gasteiger partial charge in [-0.2, -0.15) is 13.2 Å². The van der Waals surface area contributed by atoms with Gasteiger partial charge < -0.3 is 9.80 Å². The molecule has 0 bridgehead atoms. The van der Waals surface area contributed by atoms with Crippen molar-refractivity contribution in [1.29, 1.82) is 0 Å². The smallest absolute Gasteiger partial charge is 0.369 e. The van der Waals surface area contributed by atoms with E-state index < -0.39 is 32.1 Å². The minimum atomic E-state index is -4.73. The molecule has 0 atom stereocenters. The number of rotatable bonds is 2. The largest absolute Gasteiger partial charge is 0.418 e. The summed E-state index contributed by atoms with van der Waals surface area (Å²) in [5, 5.41) is 4.96. The summed E-state index contributed by atoms with van der Waals surface area (Å²) >= 11 is 0. The molecule has 0 radical (unpaired) electrons. The molecule has 1 saturated heterocycles. The molecule has 1 amide bonds. The van der Waals surface area contributed by atoms with Crippen molar-refractivity contribution >= 4 is 21.6 Å². The van der Waals surface area contributed by atoms with E-state index in [-0.39, 0.29) is 18.1 Å². The molecule has 0 saturated carbocycles. The second kappa shape index (κ2) is 7.31. The number of halogens is 3. The van der Waals surface area contributed by atoms with E-state index in [0.717, 1.165) is 12.1 Å². The zero-order chi connectivity index (χ0) is 20.6. The van der Waals surface area contributed by atoms with E-state index in [4.69, 9.17) is 5.14 Å². The van der Waals surface area contributed by atoms with Crippen LogP contribution in [-0.4, -0.2) is 45.4 Å². The zero-order valence-electron chi connectivity index (χ0n) is 15.5. The maximum Gasteiger partial charge on any atom is 0.418 e. The highest BCUT2D eigenvalue weighted by Gasteiger charge is 2.37. The van der Waals surface area contributed by atoms with Crippen molar-refractivity contribution in [3.8, 4) is 0 Å². The van der Waals surface area contributed by atoms with Gasteiger partial charge in [0.15, 0.2) is 0 Å². The number of primary sulfonamides is 1. The SMILES string of the molecule is CC(C)(C)C(=O)N1CCCN(c2ccc(S(N)(=O)=O)cc2C(F)(F)F)CC1. The highest BCUT2D eigenvalue weighted by molar-refractivity contribution is 7.89. The van der Waals surface area contributed by atoms with Crippen LogP contribution in [-0.2, 0) is 21.0 Å². The van der Waals surface area contributed by atoms with Crippen LogP contribution in [0.4, 0.5) is 18.9 Å². The van der Waals surface area contributed by atoms with Gasteiger partial charge in [-0.05, 0) is 24.6 Å². The van der Waals surface area contributed by atoms with Crippen molar-refractivity contribution in [2.24, 2.45) is 10.6 Å². The number of nitrogens with two attached hydrogens (primary N) is 1. The number of hydrogen-bond acceptors (Lipinski definition) is 4. The fourth-order valence-electron chi connectivity index (χ4n) is 3.03. The highest BCUT2D eigenvalue weighted by Crippen LogP contribution is 2.38. The summed E-state index contributed by atoms with van der Waals surface area (Å²) in [5.41, 5.74) is -1.73. The van der Waals surface area contributed by atoms with Crippen LogP contribution < -0.4 is 10.0 Å². The lowest BCUT2D eigenvalue weighted by Crippen LogP contribution is -2.41. The number of hydrogen-bond donors (Lipinski definition) is 1. The van der Waals surface area contributed by atoms with Crippen molar-refractivity contribution in [3.63, 3.8) is 0 Å². The number of carbonyl (C=O) groups is 1. The van der Waals surface area contributed by atoms with E-state index in [1.807, 2.05) is 0 Å². The van der Waals surface area contributed by atoms with E-state index in [9.17, 15) is 26.4 Å². The molecule has 2 rings (SSSR count). The van der Waals surface area contributed by atoms with Crippen LogP contribution in [0.5, 0.6) is 0 Å². The molecule has 152 valence electrons. The number of alkyl halides is 3. The van der Waals surface area contributed by atoms with E-state index in [2.05, 4.69) is 0 Å². The minimum absolute atomic E-state index is 0.0510. The van der Waals surface area contributed by atoms with Crippen molar-refractivity contribution < 1.29 is 26.4 Å². The average molecular weight is 407 g/mol. The third-order valence-electron chi connectivity index (χ3n) is 4.37. The number of anilines is 1. The topological polar surface area (TPSA) is 83.7 Å². The van der Waals surface area contributed by atoms with Gasteiger partial charge >= 0.3 is 6.18 Å². The van der Waals surface area contributed by atoms with Crippen molar-refractivity contribution in [2.75, 3.05) is 31.1 Å². The molecule has 1 heterocycles. The fraction of sp³-hybridized carbons (Fsp3) is 0.588. The molecule has 1 aromatic carbocycles. The first-order valence-electron chi connectivity index (χ1n) is 8.49. The molecule has 2 N–H and O–H groups in total. The number of sulfonamides is 1. The normalized spacial score (nSPS) is 17.0. The third-order valence-corrected chi connectivity index (χ3v) is 5.28. The van der Waals surface area contributed by atoms with Crippen LogP contribution in [0.1, 0.15) is 32.8 Å². The maximum absolute atomic E-state index is 13.5. The second-order valence-corrected chi connectivity index (χ2v) is 9.17. The van der Waals surface area contributed by atoms with Crippen molar-refractivity contribution in [1.82, 2.24) is 4.90 Å². The lowest BCUT2D eigenvalue weighted by atomic mass is 9.94. The Morgan fingerprint density at radius 1 is 1.07 bits per heavy atom. The van der Waals surface area contributed by atoms with Crippen LogP contribution in [0.25, 0.3) is 0 Å². The molecule has 1 fully saturated rings. The van der Waals surface area contributed by atoms with E-state index >= 15 is 0 Å². The van der Waals surface area contributed by atoms with Crippen LogP contribution >= 0.6 is 0 Å². The molecule has 1 aliphatic heterocycles. The summed E-state index contributed by atoms with van der Waals surface area (Å²) in [6.07, 6.45) is -4.22. The van der Waals surface area contributed by atoms with Crippen molar-refractivity contribution in [2.45, 2.75) is 38.3 Å². The number of benzene rings is 1. The Balaban J connectivity index is 2.34. The van der Waals surface area contributed by atoms with Gasteiger partial charge in [-0.15, -0.1) is 0 Å². The fourth-order valence-corrected chi connectivity index (χ4v) is 3.57. The van der Waals surface area contributed by atoms with Crippen LogP contribution in [0, 0.1) is 5.41 Å². The molecular formula is C17H24F3N3O3S. The van der Waals surface area contributed by atoms with Gasteiger partial charge in [-0.3, -0.25) is 4.79 Å². The molecule has 0 aromatic heterocycles. The Hall–Kier alpha value is -1.81. The Labute approximate surface area is 157 Å². The first-order valence-corrected chi connectivity index (χ1v) is 10.0. The van der Waals surface area contributed by atoms with Crippen LogP contribution in [0.2, 0.25) is 0 Å². The van der Waals surface area contributed by atoms with Gasteiger partial charge in [0, 0.05) is 37.3 Å². The second-order valence-electron chi connectivity index (χ2n) is 7.60. The summed E-state index contributed by atoms with van der Waals surface area (Å²) in [6, 6.07) is 2.76. The summed E-state index contributed by atoms with van der Waals surface area (Å²) in [6.45, 7) is 6.70. The predicted octanol–water partition coefficient (Wildman–Crippen LogP) is 2.44. The van der Waals surface area contributed by atoms with E-state index in [0.29, 0.717) is 32.1 Å². The van der Waals surface area contributed by atoms with Gasteiger partial charge in [-0.25, -0.2) is 13.6 Å². The monoisotopic (exact) mass is 407 g/mol. The van der Waals surface area contributed by atoms with Gasteiger partial charge in [0.2, 0.25) is 15.9 Å². The predicted molar refractivity (Wildman–Crippen MR) is 95.7 cm³/mol. The third kappa shape index (κ3) is 5.13. The summed E-state index contributed by atoms with van der Waals surface area (Å²) in [7, 11) is -4.25. The summed E-state index contributed by atoms with van der Waals surface area (Å²) in [5.74, 6) is -0.0510. The number of nitrogens with zero attached hydrogens (tertiary/aromatic N) is 2. The molecule has 1 aromatic rings. The lowest BCUT2D eigenvalue weighted by molar-refractivity contribution is -0.139. The molecule has 0 unspecified atom stereocenters. The van der Waals surface area contributed by atoms with Crippen LogP contribution in [0.3, 0.4) is 0 Å². The van der Waals surface area contributed by atoms with Gasteiger partial charge in [0.1, 0.15) is 0 Å². The standard InChI is InChI=1S/C17H24F3N3O3S/c1-16(2,3)15(24)23-8-4-7-22(9-10-23)14-6-5-12(27(21,25)26)11-13(14)17(18,19)20/h5-6,11H,4,7-10H2,1-3H3,(H2,21,25,26). The molecular weight excluding hydrogens is 383 g/mol. The van der Waals surface area contributed by atoms with Crippen molar-refractivity contribution in [3.05, 3.63) is 23.8 Å². The van der Waals surface area contributed by atoms with E-state index in [1.54, 1.807) is 25.7 Å². The Morgan fingerprint density at radius 2 is 1.70 bits per heavy atom. The first-order chi connectivity index (χ1) is 12.2. The summed E-state index contributed by atoms with van der Waals surface area (Å²) in [4.78, 5) is 15.1. The molecule has 0 spiro atoms. The zero-order valence-corrected chi connectivity index (χ0v) is 16.3. The Morgan fingerprint density at radius 3 is 2.22 bits per heavy atom. The Kier molecular flexibility index (Phi) is 5.82. The lowest BCUT2D eigenvalue weighted by Gasteiger charge is -2.29. The Bertz CT molecular complexity index is 817. The average Bonchev–Trinajstić information content (AvgIpc) is 2.76.